The van der Waals surface area contributed by atoms with Crippen molar-refractivity contribution in [3.63, 3.8) is 0 Å². The van der Waals surface area contributed by atoms with Crippen LogP contribution in [0.2, 0.25) is 0 Å². The molecule has 2 aromatic carbocycles. The smallest absolute Gasteiger partial charge is 0.258 e. The standard InChI is InChI=1S/C19H23NO4/c1-4-23-17-11-7-8-12-18(17)24-13-19(21)20-14(2)15-9-5-6-10-16(15)22-3/h5-12,14H,4,13H2,1-3H3,(H,20,21). The van der Waals surface area contributed by atoms with E-state index in [0.717, 1.165) is 11.3 Å². The second-order valence-electron chi connectivity index (χ2n) is 5.20. The van der Waals surface area contributed by atoms with Crippen LogP contribution in [-0.4, -0.2) is 26.2 Å². The van der Waals surface area contributed by atoms with E-state index in [1.54, 1.807) is 13.2 Å². The Morgan fingerprint density at radius 2 is 1.58 bits per heavy atom. The molecule has 0 bridgehead atoms. The molecule has 0 saturated heterocycles. The number of benzene rings is 2. The molecular formula is C19H23NO4. The molecule has 1 atom stereocenters. The lowest BCUT2D eigenvalue weighted by Gasteiger charge is -2.17. The number of carbonyl (C=O) groups excluding carboxylic acids is 1. The van der Waals surface area contributed by atoms with Gasteiger partial charge < -0.3 is 19.5 Å². The fraction of sp³-hybridized carbons (Fsp3) is 0.316. The monoisotopic (exact) mass is 329 g/mol. The van der Waals surface area contributed by atoms with E-state index in [1.165, 1.54) is 0 Å². The number of para-hydroxylation sites is 3. The van der Waals surface area contributed by atoms with Gasteiger partial charge in [0.25, 0.3) is 5.91 Å². The zero-order chi connectivity index (χ0) is 17.4. The normalized spacial score (nSPS) is 11.5. The van der Waals surface area contributed by atoms with Gasteiger partial charge in [-0.25, -0.2) is 0 Å². The summed E-state index contributed by atoms with van der Waals surface area (Å²) in [6.45, 7) is 4.27. The van der Waals surface area contributed by atoms with Gasteiger partial charge >= 0.3 is 0 Å². The molecule has 0 fully saturated rings. The maximum absolute atomic E-state index is 12.2. The summed E-state index contributed by atoms with van der Waals surface area (Å²) >= 11 is 0. The van der Waals surface area contributed by atoms with Gasteiger partial charge in [-0.3, -0.25) is 4.79 Å². The van der Waals surface area contributed by atoms with E-state index in [-0.39, 0.29) is 18.6 Å². The quantitative estimate of drug-likeness (QED) is 0.807. The van der Waals surface area contributed by atoms with Crippen molar-refractivity contribution < 1.29 is 19.0 Å². The molecule has 0 aromatic heterocycles. The molecule has 0 radical (unpaired) electrons. The molecule has 0 aliphatic carbocycles. The van der Waals surface area contributed by atoms with Gasteiger partial charge in [-0.1, -0.05) is 30.3 Å². The highest BCUT2D eigenvalue weighted by molar-refractivity contribution is 5.78. The van der Waals surface area contributed by atoms with Crippen molar-refractivity contribution in [2.24, 2.45) is 0 Å². The highest BCUT2D eigenvalue weighted by Crippen LogP contribution is 2.27. The molecule has 1 unspecified atom stereocenters. The number of amides is 1. The average molecular weight is 329 g/mol. The first kappa shape index (κ1) is 17.7. The molecule has 5 nitrogen and oxygen atoms in total. The summed E-state index contributed by atoms with van der Waals surface area (Å²) in [5.74, 6) is 1.72. The van der Waals surface area contributed by atoms with E-state index in [1.807, 2.05) is 56.3 Å². The topological polar surface area (TPSA) is 56.8 Å². The zero-order valence-electron chi connectivity index (χ0n) is 14.2. The van der Waals surface area contributed by atoms with Crippen molar-refractivity contribution in [2.75, 3.05) is 20.3 Å². The van der Waals surface area contributed by atoms with E-state index in [9.17, 15) is 4.79 Å². The maximum Gasteiger partial charge on any atom is 0.258 e. The molecule has 2 aromatic rings. The van der Waals surface area contributed by atoms with Crippen LogP contribution in [0.1, 0.15) is 25.5 Å². The molecule has 24 heavy (non-hydrogen) atoms. The Morgan fingerprint density at radius 3 is 2.21 bits per heavy atom. The molecule has 2 rings (SSSR count). The second-order valence-corrected chi connectivity index (χ2v) is 5.20. The first-order valence-electron chi connectivity index (χ1n) is 7.92. The van der Waals surface area contributed by atoms with Gasteiger partial charge in [0, 0.05) is 5.56 Å². The first-order chi connectivity index (χ1) is 11.7. The number of hydrogen-bond donors (Lipinski definition) is 1. The third-order valence-electron chi connectivity index (χ3n) is 3.49. The lowest BCUT2D eigenvalue weighted by atomic mass is 10.1. The van der Waals surface area contributed by atoms with Gasteiger partial charge in [-0.15, -0.1) is 0 Å². The van der Waals surface area contributed by atoms with E-state index in [4.69, 9.17) is 14.2 Å². The van der Waals surface area contributed by atoms with Crippen LogP contribution >= 0.6 is 0 Å². The number of rotatable bonds is 8. The average Bonchev–Trinajstić information content (AvgIpc) is 2.61. The summed E-state index contributed by atoms with van der Waals surface area (Å²) in [6, 6.07) is 14.7. The number of ether oxygens (including phenoxy) is 3. The number of hydrogen-bond acceptors (Lipinski definition) is 4. The van der Waals surface area contributed by atoms with E-state index < -0.39 is 0 Å². The molecular weight excluding hydrogens is 306 g/mol. The summed E-state index contributed by atoms with van der Waals surface area (Å²) in [4.78, 5) is 12.2. The highest BCUT2D eigenvalue weighted by Gasteiger charge is 2.14. The van der Waals surface area contributed by atoms with Crippen LogP contribution in [0.5, 0.6) is 17.2 Å². The Balaban J connectivity index is 1.94. The molecule has 0 spiro atoms. The molecule has 0 saturated carbocycles. The molecule has 0 aliphatic rings. The molecule has 1 amide bonds. The van der Waals surface area contributed by atoms with Crippen molar-refractivity contribution in [3.8, 4) is 17.2 Å². The van der Waals surface area contributed by atoms with Crippen LogP contribution in [-0.2, 0) is 4.79 Å². The SMILES string of the molecule is CCOc1ccccc1OCC(=O)NC(C)c1ccccc1OC. The third-order valence-corrected chi connectivity index (χ3v) is 3.49. The molecule has 1 N–H and O–H groups in total. The lowest BCUT2D eigenvalue weighted by Crippen LogP contribution is -2.31. The Bertz CT molecular complexity index is 672. The Kier molecular flexibility index (Phi) is 6.49. The van der Waals surface area contributed by atoms with Crippen LogP contribution < -0.4 is 19.5 Å². The summed E-state index contributed by atoms with van der Waals surface area (Å²) in [6.07, 6.45) is 0. The molecule has 5 heteroatoms. The van der Waals surface area contributed by atoms with Gasteiger partial charge in [0.05, 0.1) is 19.8 Å². The lowest BCUT2D eigenvalue weighted by molar-refractivity contribution is -0.123. The Morgan fingerprint density at radius 1 is 1.00 bits per heavy atom. The van der Waals surface area contributed by atoms with Crippen LogP contribution in [0.4, 0.5) is 0 Å². The Labute approximate surface area is 142 Å². The van der Waals surface area contributed by atoms with E-state index in [2.05, 4.69) is 5.32 Å². The van der Waals surface area contributed by atoms with Gasteiger partial charge in [0.2, 0.25) is 0 Å². The van der Waals surface area contributed by atoms with Crippen molar-refractivity contribution in [2.45, 2.75) is 19.9 Å². The van der Waals surface area contributed by atoms with Crippen LogP contribution in [0, 0.1) is 0 Å². The summed E-state index contributed by atoms with van der Waals surface area (Å²) in [7, 11) is 1.61. The largest absolute Gasteiger partial charge is 0.496 e. The fourth-order valence-electron chi connectivity index (χ4n) is 2.37. The van der Waals surface area contributed by atoms with Crippen molar-refractivity contribution in [3.05, 3.63) is 54.1 Å². The van der Waals surface area contributed by atoms with Gasteiger partial charge in [0.15, 0.2) is 18.1 Å². The number of nitrogens with one attached hydrogen (secondary N) is 1. The minimum Gasteiger partial charge on any atom is -0.496 e. The maximum atomic E-state index is 12.2. The summed E-state index contributed by atoms with van der Waals surface area (Å²) in [5, 5.41) is 2.91. The van der Waals surface area contributed by atoms with E-state index in [0.29, 0.717) is 18.1 Å². The van der Waals surface area contributed by atoms with Gasteiger partial charge in [0.1, 0.15) is 5.75 Å². The number of methoxy groups -OCH3 is 1. The summed E-state index contributed by atoms with van der Waals surface area (Å²) < 4.78 is 16.4. The predicted octanol–water partition coefficient (Wildman–Crippen LogP) is 3.35. The van der Waals surface area contributed by atoms with Crippen LogP contribution in [0.15, 0.2) is 48.5 Å². The summed E-state index contributed by atoms with van der Waals surface area (Å²) in [5.41, 5.74) is 0.920. The zero-order valence-corrected chi connectivity index (χ0v) is 14.2. The third kappa shape index (κ3) is 4.65. The van der Waals surface area contributed by atoms with E-state index >= 15 is 0 Å². The Hall–Kier alpha value is -2.69. The van der Waals surface area contributed by atoms with Crippen molar-refractivity contribution >= 4 is 5.91 Å². The fourth-order valence-corrected chi connectivity index (χ4v) is 2.37. The molecule has 128 valence electrons. The van der Waals surface area contributed by atoms with Gasteiger partial charge in [-0.05, 0) is 32.0 Å². The van der Waals surface area contributed by atoms with Crippen LogP contribution in [0.3, 0.4) is 0 Å². The highest BCUT2D eigenvalue weighted by atomic mass is 16.5. The predicted molar refractivity (Wildman–Crippen MR) is 92.7 cm³/mol. The van der Waals surface area contributed by atoms with Gasteiger partial charge in [-0.2, -0.15) is 0 Å². The second kappa shape index (κ2) is 8.82. The molecule has 0 heterocycles. The molecule has 0 aliphatic heterocycles. The minimum atomic E-state index is -0.209. The van der Waals surface area contributed by atoms with Crippen molar-refractivity contribution in [1.82, 2.24) is 5.32 Å². The van der Waals surface area contributed by atoms with Crippen LogP contribution in [0.25, 0.3) is 0 Å². The van der Waals surface area contributed by atoms with Crippen molar-refractivity contribution in [1.29, 1.82) is 0 Å². The first-order valence-corrected chi connectivity index (χ1v) is 7.92. The minimum absolute atomic E-state index is 0.0798. The number of carbonyl (C=O) groups is 1.